The molecule has 0 fully saturated rings. The lowest BCUT2D eigenvalue weighted by Crippen LogP contribution is -2.12. The van der Waals surface area contributed by atoms with Crippen LogP contribution in [0.15, 0.2) is 12.3 Å². The van der Waals surface area contributed by atoms with Crippen molar-refractivity contribution in [1.82, 2.24) is 10.3 Å². The molecule has 1 rings (SSSR count). The molecule has 0 aromatic carbocycles. The largest absolute Gasteiger partial charge is 0.313 e. The van der Waals surface area contributed by atoms with Crippen LogP contribution in [0.5, 0.6) is 0 Å². The number of nitrogens with one attached hydrogen (secondary N) is 1. The monoisotopic (exact) mass is 296 g/mol. The molecule has 4 heteroatoms. The minimum atomic E-state index is 0.322. The van der Waals surface area contributed by atoms with Crippen LogP contribution in [0.4, 0.5) is 0 Å². The smallest absolute Gasteiger partial charge is 0.142 e. The maximum atomic E-state index is 5.79. The first-order valence-corrected chi connectivity index (χ1v) is 5.09. The topological polar surface area (TPSA) is 24.9 Å². The Hall–Kier alpha value is 0.130. The van der Waals surface area contributed by atoms with Gasteiger partial charge in [0.2, 0.25) is 0 Å². The highest BCUT2D eigenvalue weighted by atomic mass is 127. The molecule has 0 spiro atoms. The molecular formula is C8H10ClIN2. The van der Waals surface area contributed by atoms with Crippen molar-refractivity contribution in [1.29, 1.82) is 0 Å². The Bertz CT molecular complexity index is 278. The Morgan fingerprint density at radius 1 is 1.67 bits per heavy atom. The van der Waals surface area contributed by atoms with Crippen LogP contribution in [0.2, 0.25) is 5.15 Å². The fraction of sp³-hybridized carbons (Fsp3) is 0.375. The molecule has 0 saturated carbocycles. The van der Waals surface area contributed by atoms with Gasteiger partial charge in [-0.1, -0.05) is 11.6 Å². The van der Waals surface area contributed by atoms with Crippen molar-refractivity contribution in [2.24, 2.45) is 0 Å². The number of halogens is 2. The number of hydrogen-bond donors (Lipinski definition) is 1. The van der Waals surface area contributed by atoms with Crippen LogP contribution in [0.1, 0.15) is 18.5 Å². The standard InChI is InChI=1S/C8H10ClIN2/c1-5(11-2)6-3-7(10)8(9)12-4-6/h3-5,11H,1-2H3. The minimum Gasteiger partial charge on any atom is -0.313 e. The molecule has 1 aromatic heterocycles. The van der Waals surface area contributed by atoms with Gasteiger partial charge in [0.05, 0.1) is 3.57 Å². The Kier molecular flexibility index (Phi) is 3.74. The van der Waals surface area contributed by atoms with Crippen molar-refractivity contribution in [3.05, 3.63) is 26.5 Å². The molecule has 1 aromatic rings. The van der Waals surface area contributed by atoms with Crippen LogP contribution < -0.4 is 5.32 Å². The normalized spacial score (nSPS) is 13.0. The van der Waals surface area contributed by atoms with Crippen molar-refractivity contribution in [2.75, 3.05) is 7.05 Å². The predicted molar refractivity (Wildman–Crippen MR) is 59.4 cm³/mol. The zero-order valence-electron chi connectivity index (χ0n) is 6.94. The zero-order chi connectivity index (χ0) is 9.14. The maximum absolute atomic E-state index is 5.79. The summed E-state index contributed by atoms with van der Waals surface area (Å²) in [6, 6.07) is 2.36. The summed E-state index contributed by atoms with van der Waals surface area (Å²) >= 11 is 7.97. The van der Waals surface area contributed by atoms with E-state index >= 15 is 0 Å². The molecule has 0 aliphatic heterocycles. The third kappa shape index (κ3) is 2.31. The summed E-state index contributed by atoms with van der Waals surface area (Å²) in [4.78, 5) is 4.07. The van der Waals surface area contributed by atoms with Crippen LogP contribution in [0, 0.1) is 3.57 Å². The first kappa shape index (κ1) is 10.2. The van der Waals surface area contributed by atoms with E-state index in [0.717, 1.165) is 9.13 Å². The lowest BCUT2D eigenvalue weighted by atomic mass is 10.1. The van der Waals surface area contributed by atoms with Crippen LogP contribution in [-0.2, 0) is 0 Å². The van der Waals surface area contributed by atoms with E-state index in [4.69, 9.17) is 11.6 Å². The second-order valence-electron chi connectivity index (χ2n) is 2.55. The second kappa shape index (κ2) is 4.39. The van der Waals surface area contributed by atoms with Crippen LogP contribution >= 0.6 is 34.2 Å². The molecule has 1 heterocycles. The van der Waals surface area contributed by atoms with Gasteiger partial charge in [-0.15, -0.1) is 0 Å². The van der Waals surface area contributed by atoms with E-state index in [-0.39, 0.29) is 0 Å². The summed E-state index contributed by atoms with van der Waals surface area (Å²) in [5.74, 6) is 0. The van der Waals surface area contributed by atoms with E-state index in [1.54, 1.807) is 6.20 Å². The molecule has 1 unspecified atom stereocenters. The van der Waals surface area contributed by atoms with E-state index in [9.17, 15) is 0 Å². The fourth-order valence-electron chi connectivity index (χ4n) is 0.839. The lowest BCUT2D eigenvalue weighted by molar-refractivity contribution is 0.649. The summed E-state index contributed by atoms with van der Waals surface area (Å²) in [5, 5.41) is 3.71. The van der Waals surface area contributed by atoms with Gasteiger partial charge in [0, 0.05) is 12.2 Å². The van der Waals surface area contributed by atoms with Crippen molar-refractivity contribution >= 4 is 34.2 Å². The van der Waals surface area contributed by atoms with Crippen molar-refractivity contribution < 1.29 is 0 Å². The van der Waals surface area contributed by atoms with Gasteiger partial charge in [0.25, 0.3) is 0 Å². The van der Waals surface area contributed by atoms with Crippen molar-refractivity contribution in [2.45, 2.75) is 13.0 Å². The molecule has 0 saturated heterocycles. The highest BCUT2D eigenvalue weighted by molar-refractivity contribution is 14.1. The summed E-state index contributed by atoms with van der Waals surface area (Å²) in [7, 11) is 1.92. The first-order valence-electron chi connectivity index (χ1n) is 3.63. The Labute approximate surface area is 90.9 Å². The summed E-state index contributed by atoms with van der Waals surface area (Å²) < 4.78 is 0.994. The fourth-order valence-corrected chi connectivity index (χ4v) is 1.44. The third-order valence-corrected chi connectivity index (χ3v) is 3.19. The molecule has 66 valence electrons. The molecule has 0 radical (unpaired) electrons. The number of nitrogens with zero attached hydrogens (tertiary/aromatic N) is 1. The average molecular weight is 297 g/mol. The van der Waals surface area contributed by atoms with Crippen molar-refractivity contribution in [3.63, 3.8) is 0 Å². The third-order valence-electron chi connectivity index (χ3n) is 1.75. The summed E-state index contributed by atoms with van der Waals surface area (Å²) in [6.45, 7) is 2.08. The van der Waals surface area contributed by atoms with E-state index < -0.39 is 0 Å². The molecule has 0 aliphatic rings. The molecule has 2 nitrogen and oxygen atoms in total. The van der Waals surface area contributed by atoms with Crippen LogP contribution in [-0.4, -0.2) is 12.0 Å². The van der Waals surface area contributed by atoms with E-state index in [0.29, 0.717) is 11.2 Å². The van der Waals surface area contributed by atoms with Gasteiger partial charge in [-0.3, -0.25) is 0 Å². The van der Waals surface area contributed by atoms with E-state index in [2.05, 4.69) is 39.8 Å². The zero-order valence-corrected chi connectivity index (χ0v) is 9.85. The Morgan fingerprint density at radius 2 is 2.33 bits per heavy atom. The lowest BCUT2D eigenvalue weighted by Gasteiger charge is -2.10. The number of rotatable bonds is 2. The van der Waals surface area contributed by atoms with Gasteiger partial charge in [0.1, 0.15) is 5.15 Å². The molecule has 12 heavy (non-hydrogen) atoms. The summed E-state index contributed by atoms with van der Waals surface area (Å²) in [6.07, 6.45) is 1.80. The van der Waals surface area contributed by atoms with Gasteiger partial charge in [-0.25, -0.2) is 4.98 Å². The van der Waals surface area contributed by atoms with E-state index in [1.807, 2.05) is 13.1 Å². The maximum Gasteiger partial charge on any atom is 0.142 e. The van der Waals surface area contributed by atoms with E-state index in [1.165, 1.54) is 0 Å². The molecule has 0 aliphatic carbocycles. The van der Waals surface area contributed by atoms with Gasteiger partial charge in [-0.2, -0.15) is 0 Å². The Morgan fingerprint density at radius 3 is 2.83 bits per heavy atom. The second-order valence-corrected chi connectivity index (χ2v) is 4.07. The number of aromatic nitrogens is 1. The predicted octanol–water partition coefficient (Wildman–Crippen LogP) is 2.62. The van der Waals surface area contributed by atoms with Gasteiger partial charge in [0.15, 0.2) is 0 Å². The highest BCUT2D eigenvalue weighted by Gasteiger charge is 2.05. The number of pyridine rings is 1. The molecule has 0 amide bonds. The molecule has 1 N–H and O–H groups in total. The van der Waals surface area contributed by atoms with Gasteiger partial charge >= 0.3 is 0 Å². The van der Waals surface area contributed by atoms with Gasteiger partial charge in [-0.05, 0) is 48.2 Å². The van der Waals surface area contributed by atoms with Gasteiger partial charge < -0.3 is 5.32 Å². The SMILES string of the molecule is CNC(C)c1cnc(Cl)c(I)c1. The minimum absolute atomic E-state index is 0.322. The summed E-state index contributed by atoms with van der Waals surface area (Å²) in [5.41, 5.74) is 1.16. The van der Waals surface area contributed by atoms with Crippen LogP contribution in [0.3, 0.4) is 0 Å². The Balaban J connectivity index is 2.96. The highest BCUT2D eigenvalue weighted by Crippen LogP contribution is 2.19. The molecular weight excluding hydrogens is 286 g/mol. The molecule has 1 atom stereocenters. The molecule has 0 bridgehead atoms. The average Bonchev–Trinajstić information content (AvgIpc) is 2.08. The van der Waals surface area contributed by atoms with Crippen LogP contribution in [0.25, 0.3) is 0 Å². The quantitative estimate of drug-likeness (QED) is 0.670. The first-order chi connectivity index (χ1) is 5.65. The number of hydrogen-bond acceptors (Lipinski definition) is 2. The van der Waals surface area contributed by atoms with Crippen molar-refractivity contribution in [3.8, 4) is 0 Å².